The van der Waals surface area contributed by atoms with E-state index >= 15 is 0 Å². The van der Waals surface area contributed by atoms with Crippen LogP contribution >= 0.6 is 0 Å². The number of halogens is 2. The van der Waals surface area contributed by atoms with E-state index in [-0.39, 0.29) is 18.7 Å². The number of nitrogens with two attached hydrogens (primary N) is 1. The molecular formula is C15H15F2N3O3. The third-order valence-corrected chi connectivity index (χ3v) is 3.86. The van der Waals surface area contributed by atoms with Gasteiger partial charge in [-0.25, -0.2) is 0 Å². The molecule has 8 heteroatoms. The van der Waals surface area contributed by atoms with Crippen molar-refractivity contribution in [1.82, 2.24) is 10.3 Å². The number of rotatable bonds is 5. The van der Waals surface area contributed by atoms with Crippen molar-refractivity contribution < 1.29 is 23.1 Å². The van der Waals surface area contributed by atoms with Crippen molar-refractivity contribution in [1.29, 1.82) is 0 Å². The summed E-state index contributed by atoms with van der Waals surface area (Å²) in [6, 6.07) is 3.60. The molecule has 23 heavy (non-hydrogen) atoms. The van der Waals surface area contributed by atoms with Crippen LogP contribution in [0.25, 0.3) is 10.9 Å². The maximum atomic E-state index is 12.2. The summed E-state index contributed by atoms with van der Waals surface area (Å²) in [5.41, 5.74) is 7.93. The van der Waals surface area contributed by atoms with Crippen molar-refractivity contribution in [2.45, 2.75) is 19.3 Å². The number of alkyl halides is 2. The van der Waals surface area contributed by atoms with Crippen LogP contribution in [0.3, 0.4) is 0 Å². The van der Waals surface area contributed by atoms with E-state index < -0.39 is 18.2 Å². The third-order valence-electron chi connectivity index (χ3n) is 3.86. The van der Waals surface area contributed by atoms with E-state index in [1.807, 2.05) is 6.07 Å². The zero-order valence-electron chi connectivity index (χ0n) is 12.1. The molecule has 2 heterocycles. The van der Waals surface area contributed by atoms with Gasteiger partial charge in [0.15, 0.2) is 0 Å². The van der Waals surface area contributed by atoms with Crippen LogP contribution in [-0.4, -0.2) is 36.4 Å². The predicted octanol–water partition coefficient (Wildman–Crippen LogP) is 1.13. The highest BCUT2D eigenvalue weighted by atomic mass is 19.3. The first-order valence-electron chi connectivity index (χ1n) is 7.14. The Bertz CT molecular complexity index is 786. The van der Waals surface area contributed by atoms with Crippen LogP contribution in [0.2, 0.25) is 0 Å². The molecule has 1 aliphatic rings. The zero-order valence-corrected chi connectivity index (χ0v) is 12.1. The molecule has 2 aromatic rings. The monoisotopic (exact) mass is 323 g/mol. The van der Waals surface area contributed by atoms with Crippen LogP contribution in [0.5, 0.6) is 5.75 Å². The Morgan fingerprint density at radius 1 is 1.39 bits per heavy atom. The van der Waals surface area contributed by atoms with Gasteiger partial charge in [-0.05, 0) is 24.1 Å². The van der Waals surface area contributed by atoms with Gasteiger partial charge < -0.3 is 20.8 Å². The van der Waals surface area contributed by atoms with Gasteiger partial charge in [-0.3, -0.25) is 9.59 Å². The Labute approximate surface area is 130 Å². The van der Waals surface area contributed by atoms with Crippen molar-refractivity contribution in [2.24, 2.45) is 5.73 Å². The Kier molecular flexibility index (Phi) is 3.89. The van der Waals surface area contributed by atoms with Gasteiger partial charge in [0.2, 0.25) is 0 Å². The normalized spacial score (nSPS) is 13.2. The third kappa shape index (κ3) is 2.71. The largest absolute Gasteiger partial charge is 0.493 e. The Balaban J connectivity index is 1.96. The molecule has 0 unspecified atom stereocenters. The molecule has 2 amide bonds. The fraction of sp³-hybridized carbons (Fsp3) is 0.333. The highest BCUT2D eigenvalue weighted by Crippen LogP contribution is 2.35. The SMILES string of the molecule is NC(=O)c1[nH]c2ccc3c(c2c1CCNC(=O)C(F)F)CCO3. The minimum Gasteiger partial charge on any atom is -0.493 e. The molecule has 0 radical (unpaired) electrons. The van der Waals surface area contributed by atoms with E-state index in [1.54, 1.807) is 6.07 Å². The smallest absolute Gasteiger partial charge is 0.315 e. The number of benzene rings is 1. The summed E-state index contributed by atoms with van der Waals surface area (Å²) in [4.78, 5) is 25.6. The summed E-state index contributed by atoms with van der Waals surface area (Å²) in [5, 5.41) is 2.95. The summed E-state index contributed by atoms with van der Waals surface area (Å²) >= 11 is 0. The van der Waals surface area contributed by atoms with Gasteiger partial charge in [-0.2, -0.15) is 8.78 Å². The number of carbonyl (C=O) groups excluding carboxylic acids is 2. The second-order valence-electron chi connectivity index (χ2n) is 5.25. The summed E-state index contributed by atoms with van der Waals surface area (Å²) in [6.07, 6.45) is -2.15. The number of hydrogen-bond acceptors (Lipinski definition) is 3. The number of ether oxygens (including phenoxy) is 1. The van der Waals surface area contributed by atoms with Gasteiger partial charge >= 0.3 is 6.43 Å². The molecule has 0 atom stereocenters. The number of aromatic nitrogens is 1. The lowest BCUT2D eigenvalue weighted by atomic mass is 10.0. The van der Waals surface area contributed by atoms with Crippen molar-refractivity contribution in [3.05, 3.63) is 29.0 Å². The average Bonchev–Trinajstić information content (AvgIpc) is 3.10. The van der Waals surface area contributed by atoms with Gasteiger partial charge in [-0.15, -0.1) is 0 Å². The first-order chi connectivity index (χ1) is 11.0. The van der Waals surface area contributed by atoms with E-state index in [0.29, 0.717) is 18.6 Å². The number of primary amides is 1. The molecular weight excluding hydrogens is 308 g/mol. The minimum absolute atomic E-state index is 0.0130. The van der Waals surface area contributed by atoms with Gasteiger partial charge in [0.05, 0.1) is 6.61 Å². The molecule has 0 bridgehead atoms. The lowest BCUT2D eigenvalue weighted by molar-refractivity contribution is -0.131. The molecule has 122 valence electrons. The second-order valence-corrected chi connectivity index (χ2v) is 5.25. The zero-order chi connectivity index (χ0) is 16.6. The number of carbonyl (C=O) groups is 2. The first kappa shape index (κ1) is 15.3. The average molecular weight is 323 g/mol. The number of aromatic amines is 1. The molecule has 6 nitrogen and oxygen atoms in total. The van der Waals surface area contributed by atoms with Crippen molar-refractivity contribution >= 4 is 22.7 Å². The van der Waals surface area contributed by atoms with Gasteiger partial charge in [0.25, 0.3) is 11.8 Å². The highest BCUT2D eigenvalue weighted by molar-refractivity contribution is 6.02. The van der Waals surface area contributed by atoms with Gasteiger partial charge in [0, 0.05) is 29.4 Å². The second kappa shape index (κ2) is 5.86. The Morgan fingerprint density at radius 2 is 2.17 bits per heavy atom. The number of hydrogen-bond donors (Lipinski definition) is 3. The lowest BCUT2D eigenvalue weighted by Gasteiger charge is -2.07. The summed E-state index contributed by atoms with van der Waals surface area (Å²) in [7, 11) is 0. The molecule has 0 fully saturated rings. The van der Waals surface area contributed by atoms with Crippen LogP contribution in [0.4, 0.5) is 8.78 Å². The molecule has 0 aliphatic carbocycles. The molecule has 1 aromatic heterocycles. The van der Waals surface area contributed by atoms with Crippen LogP contribution in [0, 0.1) is 0 Å². The number of fused-ring (bicyclic) bond motifs is 3. The van der Waals surface area contributed by atoms with Crippen molar-refractivity contribution in [3.8, 4) is 5.75 Å². The maximum absolute atomic E-state index is 12.2. The Morgan fingerprint density at radius 3 is 2.87 bits per heavy atom. The van der Waals surface area contributed by atoms with E-state index in [9.17, 15) is 18.4 Å². The van der Waals surface area contributed by atoms with Crippen LogP contribution in [-0.2, 0) is 17.6 Å². The van der Waals surface area contributed by atoms with Crippen molar-refractivity contribution in [3.63, 3.8) is 0 Å². The van der Waals surface area contributed by atoms with E-state index in [1.165, 1.54) is 0 Å². The van der Waals surface area contributed by atoms with Gasteiger partial charge in [-0.1, -0.05) is 0 Å². The maximum Gasteiger partial charge on any atom is 0.315 e. The van der Waals surface area contributed by atoms with Crippen molar-refractivity contribution in [2.75, 3.05) is 13.2 Å². The molecule has 1 aliphatic heterocycles. The molecule has 1 aromatic carbocycles. The van der Waals surface area contributed by atoms with E-state index in [2.05, 4.69) is 10.3 Å². The van der Waals surface area contributed by atoms with E-state index in [0.717, 1.165) is 22.2 Å². The molecule has 0 spiro atoms. The summed E-state index contributed by atoms with van der Waals surface area (Å²) in [5.74, 6) is -1.23. The van der Waals surface area contributed by atoms with Gasteiger partial charge in [0.1, 0.15) is 11.4 Å². The standard InChI is InChI=1S/C15H15F2N3O3/c16-13(17)15(22)19-5-3-8-11-7-4-6-23-10(7)2-1-9(11)20-12(8)14(18)21/h1-2,13,20H,3-6H2,(H2,18,21)(H,19,22). The van der Waals surface area contributed by atoms with E-state index in [4.69, 9.17) is 10.5 Å². The topological polar surface area (TPSA) is 97.2 Å². The fourth-order valence-corrected chi connectivity index (χ4v) is 2.91. The predicted molar refractivity (Wildman–Crippen MR) is 78.7 cm³/mol. The number of nitrogens with one attached hydrogen (secondary N) is 2. The number of amides is 2. The summed E-state index contributed by atoms with van der Waals surface area (Å²) < 4.78 is 30.0. The molecule has 3 rings (SSSR count). The van der Waals surface area contributed by atoms with Crippen LogP contribution in [0.15, 0.2) is 12.1 Å². The first-order valence-corrected chi connectivity index (χ1v) is 7.14. The number of H-pyrrole nitrogens is 1. The molecule has 0 saturated carbocycles. The van der Waals surface area contributed by atoms with Crippen LogP contribution < -0.4 is 15.8 Å². The molecule has 0 saturated heterocycles. The quantitative estimate of drug-likeness (QED) is 0.769. The lowest BCUT2D eigenvalue weighted by Crippen LogP contribution is -2.31. The highest BCUT2D eigenvalue weighted by Gasteiger charge is 2.23. The molecule has 4 N–H and O–H groups in total. The fourth-order valence-electron chi connectivity index (χ4n) is 2.91. The minimum atomic E-state index is -3.06. The Hall–Kier alpha value is -2.64. The summed E-state index contributed by atoms with van der Waals surface area (Å²) in [6.45, 7) is 0.536. The van der Waals surface area contributed by atoms with Crippen LogP contribution in [0.1, 0.15) is 21.6 Å².